The van der Waals surface area contributed by atoms with E-state index < -0.39 is 0 Å². The summed E-state index contributed by atoms with van der Waals surface area (Å²) in [6.07, 6.45) is 10.6. The molecule has 0 N–H and O–H groups in total. The Morgan fingerprint density at radius 1 is 0.789 bits per heavy atom. The molecule has 214 valence electrons. The van der Waals surface area contributed by atoms with Gasteiger partial charge in [-0.15, -0.1) is 13.2 Å². The number of likely N-dealkylation sites (tertiary alicyclic amines) is 1. The van der Waals surface area contributed by atoms with Crippen molar-refractivity contribution in [2.24, 2.45) is 0 Å². The van der Waals surface area contributed by atoms with Gasteiger partial charge in [-0.2, -0.15) is 0 Å². The zero-order valence-electron chi connectivity index (χ0n) is 26.8. The second-order valence-electron chi connectivity index (χ2n) is 10.3. The lowest BCUT2D eigenvalue weighted by atomic mass is 9.64. The molecule has 1 saturated carbocycles. The van der Waals surface area contributed by atoms with Crippen molar-refractivity contribution >= 4 is 0 Å². The van der Waals surface area contributed by atoms with Crippen molar-refractivity contribution in [2.75, 3.05) is 13.1 Å². The van der Waals surface area contributed by atoms with Crippen LogP contribution in [-0.4, -0.2) is 18.0 Å². The maximum absolute atomic E-state index is 4.39. The molecule has 1 heteroatoms. The first-order chi connectivity index (χ1) is 18.4. The normalized spacial score (nSPS) is 15.7. The van der Waals surface area contributed by atoms with Gasteiger partial charge in [-0.05, 0) is 101 Å². The molecular weight excluding hydrogens is 458 g/mol. The summed E-state index contributed by atoms with van der Waals surface area (Å²) in [5, 5.41) is 0. The van der Waals surface area contributed by atoms with Crippen molar-refractivity contribution in [2.45, 2.75) is 126 Å². The second-order valence-corrected chi connectivity index (χ2v) is 10.3. The summed E-state index contributed by atoms with van der Waals surface area (Å²) in [6.45, 7) is 33.1. The molecule has 2 aliphatic rings. The molecule has 38 heavy (non-hydrogen) atoms. The van der Waals surface area contributed by atoms with Gasteiger partial charge in [0.15, 0.2) is 0 Å². The Kier molecular flexibility index (Phi) is 18.8. The minimum absolute atomic E-state index is 0.239. The molecule has 0 unspecified atom stereocenters. The molecule has 2 fully saturated rings. The molecule has 1 aliphatic heterocycles. The van der Waals surface area contributed by atoms with Gasteiger partial charge >= 0.3 is 0 Å². The summed E-state index contributed by atoms with van der Waals surface area (Å²) in [7, 11) is 0. The highest BCUT2D eigenvalue weighted by Crippen LogP contribution is 2.45. The average Bonchev–Trinajstić information content (AvgIpc) is 3.48. The third-order valence-corrected chi connectivity index (χ3v) is 7.83. The first kappa shape index (κ1) is 35.9. The standard InChI is InChI=1S/C21H31N.C10H14.2C2H6.C2H4/c1-17(2)21(11-5-4-6-12-21)20-15-19(10-9-18(20)3)16-22-13-7-8-14-22;1-4-10-7-8(2)5-6-9(10)3;3*1-2/h9-10,15H,1,4-8,11-14,16H2,2-3H3;5-7H,4H2,1-3H3;2*1-2H3;1-2H2. The lowest BCUT2D eigenvalue weighted by molar-refractivity contribution is 0.327. The Labute approximate surface area is 238 Å². The van der Waals surface area contributed by atoms with Crippen LogP contribution in [-0.2, 0) is 18.4 Å². The van der Waals surface area contributed by atoms with E-state index in [-0.39, 0.29) is 5.41 Å². The summed E-state index contributed by atoms with van der Waals surface area (Å²) in [6, 6.07) is 13.8. The quantitative estimate of drug-likeness (QED) is 0.355. The molecule has 0 radical (unpaired) electrons. The zero-order valence-corrected chi connectivity index (χ0v) is 26.8. The average molecular weight is 520 g/mol. The molecular formula is C37H61N. The van der Waals surface area contributed by atoms with Gasteiger partial charge in [-0.25, -0.2) is 0 Å². The summed E-state index contributed by atoms with van der Waals surface area (Å²) in [5.41, 5.74) is 10.4. The van der Waals surface area contributed by atoms with E-state index in [4.69, 9.17) is 0 Å². The van der Waals surface area contributed by atoms with Crippen LogP contribution in [0.4, 0.5) is 0 Å². The van der Waals surface area contributed by atoms with E-state index in [2.05, 4.69) is 95.7 Å². The van der Waals surface area contributed by atoms with Crippen LogP contribution in [0.3, 0.4) is 0 Å². The molecule has 1 aliphatic carbocycles. The highest BCUT2D eigenvalue weighted by molar-refractivity contribution is 5.43. The second kappa shape index (κ2) is 19.9. The van der Waals surface area contributed by atoms with E-state index in [1.54, 1.807) is 5.56 Å². The molecule has 0 bridgehead atoms. The van der Waals surface area contributed by atoms with Gasteiger partial charge in [-0.3, -0.25) is 4.90 Å². The summed E-state index contributed by atoms with van der Waals surface area (Å²) < 4.78 is 0. The van der Waals surface area contributed by atoms with Gasteiger partial charge in [-0.1, -0.05) is 108 Å². The largest absolute Gasteiger partial charge is 0.299 e. The third kappa shape index (κ3) is 10.6. The van der Waals surface area contributed by atoms with E-state index in [9.17, 15) is 0 Å². The number of aryl methyl sites for hydroxylation is 4. The summed E-state index contributed by atoms with van der Waals surface area (Å²) in [4.78, 5) is 2.60. The Balaban J connectivity index is 0.000000718. The molecule has 1 heterocycles. The fraction of sp³-hybridized carbons (Fsp3) is 0.568. The molecule has 0 atom stereocenters. The SMILES string of the molecule is C=C.C=C(C)C1(c2cc(CN3CCCC3)ccc2C)CCCCC1.CC.CC.CCc1cc(C)ccc1C. The van der Waals surface area contributed by atoms with E-state index in [1.165, 1.54) is 91.4 Å². The number of allylic oxidation sites excluding steroid dienone is 1. The van der Waals surface area contributed by atoms with Crippen LogP contribution in [0.5, 0.6) is 0 Å². The minimum Gasteiger partial charge on any atom is -0.299 e. The lowest BCUT2D eigenvalue weighted by Crippen LogP contribution is -2.31. The molecule has 1 saturated heterocycles. The monoisotopic (exact) mass is 519 g/mol. The van der Waals surface area contributed by atoms with Crippen LogP contribution in [0.25, 0.3) is 0 Å². The van der Waals surface area contributed by atoms with Gasteiger partial charge in [0.05, 0.1) is 0 Å². The maximum atomic E-state index is 4.39. The van der Waals surface area contributed by atoms with E-state index in [0.29, 0.717) is 0 Å². The molecule has 2 aromatic carbocycles. The van der Waals surface area contributed by atoms with Gasteiger partial charge < -0.3 is 0 Å². The van der Waals surface area contributed by atoms with Crippen molar-refractivity contribution in [1.82, 2.24) is 4.90 Å². The van der Waals surface area contributed by atoms with Gasteiger partial charge in [0.2, 0.25) is 0 Å². The van der Waals surface area contributed by atoms with Crippen molar-refractivity contribution in [3.63, 3.8) is 0 Å². The van der Waals surface area contributed by atoms with E-state index in [0.717, 1.165) is 13.0 Å². The first-order valence-electron chi connectivity index (χ1n) is 15.4. The van der Waals surface area contributed by atoms with Crippen LogP contribution in [0, 0.1) is 20.8 Å². The molecule has 0 spiro atoms. The molecule has 4 rings (SSSR count). The first-order valence-corrected chi connectivity index (χ1v) is 15.4. The van der Waals surface area contributed by atoms with Crippen molar-refractivity contribution < 1.29 is 0 Å². The van der Waals surface area contributed by atoms with Crippen LogP contribution in [0.15, 0.2) is 61.7 Å². The predicted molar refractivity (Wildman–Crippen MR) is 175 cm³/mol. The van der Waals surface area contributed by atoms with Crippen molar-refractivity contribution in [3.8, 4) is 0 Å². The van der Waals surface area contributed by atoms with Gasteiger partial charge in [0.25, 0.3) is 0 Å². The maximum Gasteiger partial charge on any atom is 0.0233 e. The Morgan fingerprint density at radius 2 is 1.34 bits per heavy atom. The van der Waals surface area contributed by atoms with Crippen LogP contribution < -0.4 is 0 Å². The number of benzene rings is 2. The highest BCUT2D eigenvalue weighted by atomic mass is 15.1. The van der Waals surface area contributed by atoms with Crippen LogP contribution in [0.1, 0.15) is 120 Å². The van der Waals surface area contributed by atoms with Gasteiger partial charge in [0, 0.05) is 12.0 Å². The van der Waals surface area contributed by atoms with Crippen molar-refractivity contribution in [1.29, 1.82) is 0 Å². The van der Waals surface area contributed by atoms with E-state index in [1.807, 2.05) is 27.7 Å². The molecule has 2 aromatic rings. The third-order valence-electron chi connectivity index (χ3n) is 7.83. The minimum atomic E-state index is 0.239. The van der Waals surface area contributed by atoms with E-state index >= 15 is 0 Å². The zero-order chi connectivity index (χ0) is 29.1. The summed E-state index contributed by atoms with van der Waals surface area (Å²) >= 11 is 0. The summed E-state index contributed by atoms with van der Waals surface area (Å²) in [5.74, 6) is 0. The Bertz CT molecular complexity index is 910. The van der Waals surface area contributed by atoms with Crippen molar-refractivity contribution in [3.05, 3.63) is 95.1 Å². The Hall–Kier alpha value is -2.12. The van der Waals surface area contributed by atoms with Gasteiger partial charge in [0.1, 0.15) is 0 Å². The van der Waals surface area contributed by atoms with Crippen LogP contribution >= 0.6 is 0 Å². The molecule has 0 amide bonds. The number of nitrogens with zero attached hydrogens (tertiary/aromatic N) is 1. The topological polar surface area (TPSA) is 3.24 Å². The predicted octanol–water partition coefficient (Wildman–Crippen LogP) is 11.1. The lowest BCUT2D eigenvalue weighted by Gasteiger charge is -2.40. The fourth-order valence-electron chi connectivity index (χ4n) is 5.74. The van der Waals surface area contributed by atoms with Crippen LogP contribution in [0.2, 0.25) is 0 Å². The molecule has 0 aromatic heterocycles. The smallest absolute Gasteiger partial charge is 0.0233 e. The number of hydrogen-bond donors (Lipinski definition) is 0. The number of hydrogen-bond acceptors (Lipinski definition) is 1. The molecule has 1 nitrogen and oxygen atoms in total. The highest BCUT2D eigenvalue weighted by Gasteiger charge is 2.35. The number of rotatable bonds is 5. The fourth-order valence-corrected chi connectivity index (χ4v) is 5.74. The Morgan fingerprint density at radius 3 is 1.84 bits per heavy atom.